The van der Waals surface area contributed by atoms with Crippen molar-refractivity contribution in [3.05, 3.63) is 23.3 Å². The van der Waals surface area contributed by atoms with Crippen molar-refractivity contribution in [2.45, 2.75) is 50.2 Å². The van der Waals surface area contributed by atoms with Crippen LogP contribution in [0.25, 0.3) is 0 Å². The number of carboxylic acids is 1. The lowest BCUT2D eigenvalue weighted by atomic mass is 9.78. The van der Waals surface area contributed by atoms with Crippen molar-refractivity contribution >= 4 is 24.9 Å². The third-order valence-corrected chi connectivity index (χ3v) is 6.29. The molecule has 2 fully saturated rings. The highest BCUT2D eigenvalue weighted by Crippen LogP contribution is 2.37. The molecule has 34 heavy (non-hydrogen) atoms. The molecule has 3 aliphatic rings. The molecule has 0 radical (unpaired) electrons. The number of aromatic carboxylic acids is 1. The van der Waals surface area contributed by atoms with Crippen molar-refractivity contribution in [3.8, 4) is 11.5 Å². The second kappa shape index (κ2) is 9.78. The number of hydrogen-bond donors (Lipinski definition) is 6. The zero-order valence-corrected chi connectivity index (χ0v) is 19.0. The van der Waals surface area contributed by atoms with Gasteiger partial charge in [0.1, 0.15) is 28.7 Å². The highest BCUT2D eigenvalue weighted by Gasteiger charge is 2.38. The van der Waals surface area contributed by atoms with Crippen LogP contribution in [0.2, 0.25) is 6.32 Å². The van der Waals surface area contributed by atoms with Crippen LogP contribution in [0.1, 0.15) is 35.7 Å². The summed E-state index contributed by atoms with van der Waals surface area (Å²) >= 11 is 0. The van der Waals surface area contributed by atoms with Crippen LogP contribution in [-0.4, -0.2) is 83.8 Å². The molecule has 0 unspecified atom stereocenters. The Balaban J connectivity index is 1.29. The lowest BCUT2D eigenvalue weighted by molar-refractivity contribution is -0.133. The summed E-state index contributed by atoms with van der Waals surface area (Å²) in [4.78, 5) is 38.3. The molecule has 1 aromatic carbocycles. The zero-order chi connectivity index (χ0) is 24.5. The number of benzene rings is 1. The molecule has 0 bridgehead atoms. The van der Waals surface area contributed by atoms with E-state index in [2.05, 4.69) is 16.2 Å². The van der Waals surface area contributed by atoms with Crippen molar-refractivity contribution in [2.75, 3.05) is 26.2 Å². The van der Waals surface area contributed by atoms with E-state index in [4.69, 9.17) is 15.1 Å². The number of carbonyl (C=O) groups is 3. The summed E-state index contributed by atoms with van der Waals surface area (Å²) in [5.41, 5.74) is 10.3. The summed E-state index contributed by atoms with van der Waals surface area (Å²) < 4.78 is 11.3. The van der Waals surface area contributed by atoms with Gasteiger partial charge in [-0.1, -0.05) is 6.07 Å². The number of carboxylic acid groups (broad SMARTS) is 1. The molecule has 1 aromatic rings. The number of amides is 2. The quantitative estimate of drug-likeness (QED) is 0.201. The standard InChI is InChI=1S/C21H30BN5O7/c1-21(23,20(31)26-25-18(28)14-3-2-8-24-14)11-27-9-13(10-27)33-15-5-4-12-6-7-22(32)34-17(12)16(15)19(29)30/h4-5,13-14,24,32H,2-3,6-11,23H2,1H3,(H,25,28)(H,26,31)(H,29,30)/t14-,21+/m0/s1. The SMILES string of the molecule is C[C@@](N)(CN1CC(Oc2ccc3c(c2C(=O)O)OB(O)CC3)C1)C(=O)NNC(=O)[C@@H]1CCCN1. The van der Waals surface area contributed by atoms with E-state index >= 15 is 0 Å². The molecule has 13 heteroatoms. The lowest BCUT2D eigenvalue weighted by Crippen LogP contribution is -2.66. The first kappa shape index (κ1) is 24.3. The minimum atomic E-state index is -1.26. The largest absolute Gasteiger partial charge is 0.535 e. The maximum absolute atomic E-state index is 12.5. The Hall–Kier alpha value is -2.87. The van der Waals surface area contributed by atoms with Gasteiger partial charge < -0.3 is 30.6 Å². The van der Waals surface area contributed by atoms with E-state index < -0.39 is 24.5 Å². The number of hydrogen-bond acceptors (Lipinski definition) is 9. The van der Waals surface area contributed by atoms with Gasteiger partial charge in [-0.25, -0.2) is 4.79 Å². The molecular weight excluding hydrogens is 445 g/mol. The molecule has 3 heterocycles. The highest BCUT2D eigenvalue weighted by atomic mass is 16.5. The van der Waals surface area contributed by atoms with E-state index in [9.17, 15) is 24.5 Å². The molecule has 4 rings (SSSR count). The average molecular weight is 475 g/mol. The number of likely N-dealkylation sites (tertiary alicyclic amines) is 1. The summed E-state index contributed by atoms with van der Waals surface area (Å²) in [7, 11) is -1.05. The van der Waals surface area contributed by atoms with Crippen LogP contribution in [0.15, 0.2) is 12.1 Å². The first-order valence-electron chi connectivity index (χ1n) is 11.4. The minimum Gasteiger partial charge on any atom is -0.535 e. The molecule has 0 saturated carbocycles. The van der Waals surface area contributed by atoms with E-state index in [1.54, 1.807) is 19.1 Å². The van der Waals surface area contributed by atoms with Gasteiger partial charge in [0.2, 0.25) is 0 Å². The molecule has 0 aromatic heterocycles. The van der Waals surface area contributed by atoms with Crippen LogP contribution in [0.3, 0.4) is 0 Å². The Labute approximate surface area is 197 Å². The van der Waals surface area contributed by atoms with Crippen molar-refractivity contribution in [1.29, 1.82) is 0 Å². The van der Waals surface area contributed by atoms with Crippen LogP contribution < -0.4 is 31.3 Å². The predicted molar refractivity (Wildman–Crippen MR) is 121 cm³/mol. The molecule has 2 atom stereocenters. The number of rotatable bonds is 7. The topological polar surface area (TPSA) is 175 Å². The van der Waals surface area contributed by atoms with Crippen molar-refractivity contribution in [1.82, 2.24) is 21.1 Å². The van der Waals surface area contributed by atoms with Crippen LogP contribution >= 0.6 is 0 Å². The number of aryl methyl sites for hydroxylation is 1. The second-order valence-corrected chi connectivity index (χ2v) is 9.29. The third kappa shape index (κ3) is 5.27. The molecule has 7 N–H and O–H groups in total. The number of nitrogens with two attached hydrogens (primary N) is 1. The second-order valence-electron chi connectivity index (χ2n) is 9.29. The molecule has 2 saturated heterocycles. The minimum absolute atomic E-state index is 0.106. The van der Waals surface area contributed by atoms with Gasteiger partial charge in [-0.15, -0.1) is 0 Å². The molecular formula is C21H30BN5O7. The van der Waals surface area contributed by atoms with Crippen molar-refractivity contribution in [2.24, 2.45) is 5.73 Å². The number of carbonyl (C=O) groups excluding carboxylic acids is 2. The Kier molecular flexibility index (Phi) is 6.98. The van der Waals surface area contributed by atoms with Gasteiger partial charge in [-0.2, -0.15) is 0 Å². The Bertz CT molecular complexity index is 963. The number of nitrogens with zero attached hydrogens (tertiary/aromatic N) is 1. The van der Waals surface area contributed by atoms with E-state index in [1.807, 2.05) is 4.90 Å². The van der Waals surface area contributed by atoms with Gasteiger partial charge >= 0.3 is 13.1 Å². The van der Waals surface area contributed by atoms with E-state index in [0.29, 0.717) is 31.4 Å². The van der Waals surface area contributed by atoms with E-state index in [1.165, 1.54) is 0 Å². The van der Waals surface area contributed by atoms with Crippen molar-refractivity contribution < 1.29 is 33.9 Å². The normalized spacial score (nSPS) is 22.1. The molecule has 2 amide bonds. The first-order chi connectivity index (χ1) is 16.1. The maximum Gasteiger partial charge on any atom is 0.522 e. The average Bonchev–Trinajstić information content (AvgIpc) is 3.30. The molecule has 0 spiro atoms. The van der Waals surface area contributed by atoms with Crippen molar-refractivity contribution in [3.63, 3.8) is 0 Å². The Morgan fingerprint density at radius 1 is 1.35 bits per heavy atom. The number of ether oxygens (including phenoxy) is 1. The number of hydrazine groups is 1. The van der Waals surface area contributed by atoms with Gasteiger partial charge in [-0.3, -0.25) is 25.3 Å². The van der Waals surface area contributed by atoms with Crippen LogP contribution in [0.5, 0.6) is 11.5 Å². The summed E-state index contributed by atoms with van der Waals surface area (Å²) in [6.07, 6.45) is 2.25. The fourth-order valence-corrected chi connectivity index (χ4v) is 4.41. The maximum atomic E-state index is 12.5. The number of nitrogens with one attached hydrogen (secondary N) is 3. The summed E-state index contributed by atoms with van der Waals surface area (Å²) in [6.45, 7) is 3.45. The Morgan fingerprint density at radius 2 is 2.12 bits per heavy atom. The number of fused-ring (bicyclic) bond motifs is 1. The molecule has 184 valence electrons. The molecule has 12 nitrogen and oxygen atoms in total. The predicted octanol–water partition coefficient (Wildman–Crippen LogP) is -1.52. The van der Waals surface area contributed by atoms with E-state index in [-0.39, 0.29) is 41.7 Å². The smallest absolute Gasteiger partial charge is 0.522 e. The fraction of sp³-hybridized carbons (Fsp3) is 0.571. The van der Waals surface area contributed by atoms with Gasteiger partial charge in [0.05, 0.1) is 6.04 Å². The highest BCUT2D eigenvalue weighted by molar-refractivity contribution is 6.44. The monoisotopic (exact) mass is 475 g/mol. The van der Waals surface area contributed by atoms with Crippen LogP contribution in [0.4, 0.5) is 0 Å². The zero-order valence-electron chi connectivity index (χ0n) is 19.0. The molecule has 3 aliphatic heterocycles. The lowest BCUT2D eigenvalue weighted by Gasteiger charge is -2.42. The van der Waals surface area contributed by atoms with Gasteiger partial charge in [0.25, 0.3) is 11.8 Å². The van der Waals surface area contributed by atoms with E-state index in [0.717, 1.165) is 19.4 Å². The molecule has 0 aliphatic carbocycles. The van der Waals surface area contributed by atoms with Crippen LogP contribution in [-0.2, 0) is 16.0 Å². The summed E-state index contributed by atoms with van der Waals surface area (Å²) in [5.74, 6) is -1.70. The van der Waals surface area contributed by atoms with Crippen LogP contribution in [0, 0.1) is 0 Å². The third-order valence-electron chi connectivity index (χ3n) is 6.29. The van der Waals surface area contributed by atoms with Gasteiger partial charge in [-0.05, 0) is 50.7 Å². The summed E-state index contributed by atoms with van der Waals surface area (Å²) in [6, 6.07) is 3.04. The Morgan fingerprint density at radius 3 is 2.79 bits per heavy atom. The fourth-order valence-electron chi connectivity index (χ4n) is 4.41. The van der Waals surface area contributed by atoms with Gasteiger partial charge in [0, 0.05) is 19.6 Å². The first-order valence-corrected chi connectivity index (χ1v) is 11.4. The van der Waals surface area contributed by atoms with Gasteiger partial charge in [0.15, 0.2) is 0 Å². The summed E-state index contributed by atoms with van der Waals surface area (Å²) in [5, 5.41) is 22.5.